The van der Waals surface area contributed by atoms with Gasteiger partial charge in [-0.2, -0.15) is 0 Å². The van der Waals surface area contributed by atoms with Gasteiger partial charge in [-0.15, -0.1) is 0 Å². The van der Waals surface area contributed by atoms with E-state index in [-0.39, 0.29) is 4.90 Å². The number of aromatic nitrogens is 2. The predicted octanol–water partition coefficient (Wildman–Crippen LogP) is 1.65. The lowest BCUT2D eigenvalue weighted by Crippen LogP contribution is -1.99. The Kier molecular flexibility index (Phi) is 2.42. The zero-order valence-corrected chi connectivity index (χ0v) is 10.2. The van der Waals surface area contributed by atoms with Crippen molar-refractivity contribution in [1.29, 1.82) is 0 Å². The van der Waals surface area contributed by atoms with Crippen LogP contribution in [0.15, 0.2) is 23.1 Å². The molecule has 0 radical (unpaired) electrons. The molecule has 2 aromatic rings. The zero-order valence-electron chi connectivity index (χ0n) is 9.35. The van der Waals surface area contributed by atoms with Gasteiger partial charge in [0.25, 0.3) is 0 Å². The van der Waals surface area contributed by atoms with Crippen LogP contribution in [0.4, 0.5) is 0 Å². The van der Waals surface area contributed by atoms with Gasteiger partial charge in [0.2, 0.25) is 0 Å². The molecule has 16 heavy (non-hydrogen) atoms. The average molecular weight is 236 g/mol. The predicted molar refractivity (Wildman–Crippen MR) is 62.1 cm³/mol. The Morgan fingerprint density at radius 1 is 1.12 bits per heavy atom. The van der Waals surface area contributed by atoms with Gasteiger partial charge in [0.05, 0.1) is 10.4 Å². The van der Waals surface area contributed by atoms with Gasteiger partial charge < -0.3 is 0 Å². The first-order valence-corrected chi connectivity index (χ1v) is 6.72. The minimum Gasteiger partial charge on any atom is -0.238 e. The zero-order chi connectivity index (χ0) is 11.9. The van der Waals surface area contributed by atoms with Crippen LogP contribution in [0.3, 0.4) is 0 Å². The molecule has 1 aromatic heterocycles. The van der Waals surface area contributed by atoms with Crippen molar-refractivity contribution in [1.82, 2.24) is 9.97 Å². The van der Waals surface area contributed by atoms with Crippen LogP contribution in [0.5, 0.6) is 0 Å². The minimum absolute atomic E-state index is 0.289. The number of hydrogen-bond acceptors (Lipinski definition) is 4. The van der Waals surface area contributed by atoms with Gasteiger partial charge in [-0.25, -0.2) is 18.4 Å². The van der Waals surface area contributed by atoms with Crippen LogP contribution in [0.25, 0.3) is 10.9 Å². The SMILES string of the molecule is Cc1nc(C)c2ccc(S(C)(=O)=O)cc2n1. The topological polar surface area (TPSA) is 59.9 Å². The highest BCUT2D eigenvalue weighted by Crippen LogP contribution is 2.19. The van der Waals surface area contributed by atoms with Gasteiger partial charge >= 0.3 is 0 Å². The second-order valence-electron chi connectivity index (χ2n) is 3.81. The van der Waals surface area contributed by atoms with Crippen molar-refractivity contribution in [2.75, 3.05) is 6.26 Å². The molecule has 0 unspecified atom stereocenters. The lowest BCUT2D eigenvalue weighted by atomic mass is 10.2. The van der Waals surface area contributed by atoms with E-state index in [1.165, 1.54) is 6.26 Å². The number of sulfone groups is 1. The molecule has 0 atom stereocenters. The van der Waals surface area contributed by atoms with Gasteiger partial charge in [0.15, 0.2) is 9.84 Å². The second-order valence-corrected chi connectivity index (χ2v) is 5.82. The van der Waals surface area contributed by atoms with Crippen LogP contribution in [0.2, 0.25) is 0 Å². The molecule has 0 fully saturated rings. The molecule has 0 N–H and O–H groups in total. The lowest BCUT2D eigenvalue weighted by Gasteiger charge is -2.04. The van der Waals surface area contributed by atoms with E-state index in [1.807, 2.05) is 6.92 Å². The maximum atomic E-state index is 11.4. The van der Waals surface area contributed by atoms with Crippen molar-refractivity contribution >= 4 is 20.7 Å². The molecule has 0 amide bonds. The fourth-order valence-electron chi connectivity index (χ4n) is 1.64. The van der Waals surface area contributed by atoms with Gasteiger partial charge in [-0.1, -0.05) is 0 Å². The Morgan fingerprint density at radius 2 is 1.81 bits per heavy atom. The molecule has 2 rings (SSSR count). The highest BCUT2D eigenvalue weighted by molar-refractivity contribution is 7.90. The average Bonchev–Trinajstić information content (AvgIpc) is 2.15. The molecular formula is C11H12N2O2S. The summed E-state index contributed by atoms with van der Waals surface area (Å²) in [5.74, 6) is 0.649. The summed E-state index contributed by atoms with van der Waals surface area (Å²) < 4.78 is 22.8. The summed E-state index contributed by atoms with van der Waals surface area (Å²) in [5.41, 5.74) is 1.54. The summed E-state index contributed by atoms with van der Waals surface area (Å²) in [6.07, 6.45) is 1.19. The summed E-state index contributed by atoms with van der Waals surface area (Å²) in [4.78, 5) is 8.76. The van der Waals surface area contributed by atoms with E-state index in [9.17, 15) is 8.42 Å². The highest BCUT2D eigenvalue weighted by Gasteiger charge is 2.09. The number of rotatable bonds is 1. The molecular weight excluding hydrogens is 224 g/mol. The second kappa shape index (κ2) is 3.52. The maximum Gasteiger partial charge on any atom is 0.175 e. The Labute approximate surface area is 94.3 Å². The molecule has 4 nitrogen and oxygen atoms in total. The van der Waals surface area contributed by atoms with Crippen LogP contribution in [-0.2, 0) is 9.84 Å². The van der Waals surface area contributed by atoms with Crippen LogP contribution in [0, 0.1) is 13.8 Å². The van der Waals surface area contributed by atoms with E-state index in [0.717, 1.165) is 11.1 Å². The molecule has 84 valence electrons. The Morgan fingerprint density at radius 3 is 2.44 bits per heavy atom. The minimum atomic E-state index is -3.18. The van der Waals surface area contributed by atoms with Crippen LogP contribution in [-0.4, -0.2) is 24.6 Å². The fourth-order valence-corrected chi connectivity index (χ4v) is 2.28. The van der Waals surface area contributed by atoms with Crippen LogP contribution >= 0.6 is 0 Å². The first kappa shape index (κ1) is 11.0. The Hall–Kier alpha value is -1.49. The Balaban J connectivity index is 2.81. The van der Waals surface area contributed by atoms with Crippen molar-refractivity contribution in [2.45, 2.75) is 18.7 Å². The number of nitrogens with zero attached hydrogens (tertiary/aromatic N) is 2. The monoisotopic (exact) mass is 236 g/mol. The van der Waals surface area contributed by atoms with Gasteiger partial charge in [0.1, 0.15) is 5.82 Å². The van der Waals surface area contributed by atoms with Gasteiger partial charge in [0, 0.05) is 17.3 Å². The fraction of sp³-hybridized carbons (Fsp3) is 0.273. The van der Waals surface area contributed by atoms with E-state index in [0.29, 0.717) is 11.3 Å². The molecule has 0 saturated carbocycles. The normalized spacial score (nSPS) is 11.9. The van der Waals surface area contributed by atoms with Crippen molar-refractivity contribution in [2.24, 2.45) is 0 Å². The van der Waals surface area contributed by atoms with Crippen LogP contribution in [0.1, 0.15) is 11.5 Å². The highest BCUT2D eigenvalue weighted by atomic mass is 32.2. The molecule has 5 heteroatoms. The summed E-state index contributed by atoms with van der Waals surface area (Å²) in [5, 5.41) is 0.887. The van der Waals surface area contributed by atoms with E-state index in [1.54, 1.807) is 25.1 Å². The summed E-state index contributed by atoms with van der Waals surface area (Å²) in [6.45, 7) is 3.68. The Bertz CT molecular complexity index is 663. The molecule has 0 aliphatic rings. The molecule has 1 heterocycles. The third-order valence-electron chi connectivity index (χ3n) is 2.40. The summed E-state index contributed by atoms with van der Waals surface area (Å²) >= 11 is 0. The standard InChI is InChI=1S/C11H12N2O2S/c1-7-10-5-4-9(16(3,14)15)6-11(10)13-8(2)12-7/h4-6H,1-3H3. The van der Waals surface area contributed by atoms with Crippen LogP contribution < -0.4 is 0 Å². The maximum absolute atomic E-state index is 11.4. The summed E-state index contributed by atoms with van der Waals surface area (Å²) in [6, 6.07) is 4.93. The molecule has 0 aliphatic heterocycles. The first-order valence-electron chi connectivity index (χ1n) is 4.83. The van der Waals surface area contributed by atoms with E-state index in [4.69, 9.17) is 0 Å². The molecule has 0 aliphatic carbocycles. The number of fused-ring (bicyclic) bond motifs is 1. The summed E-state index contributed by atoms with van der Waals surface area (Å²) in [7, 11) is -3.18. The van der Waals surface area contributed by atoms with E-state index < -0.39 is 9.84 Å². The van der Waals surface area contributed by atoms with Crippen molar-refractivity contribution in [3.8, 4) is 0 Å². The quantitative estimate of drug-likeness (QED) is 0.755. The third kappa shape index (κ3) is 1.90. The third-order valence-corrected chi connectivity index (χ3v) is 3.51. The van der Waals surface area contributed by atoms with Crippen molar-refractivity contribution in [3.63, 3.8) is 0 Å². The number of benzene rings is 1. The molecule has 1 aromatic carbocycles. The smallest absolute Gasteiger partial charge is 0.175 e. The first-order chi connectivity index (χ1) is 7.38. The number of aryl methyl sites for hydroxylation is 2. The lowest BCUT2D eigenvalue weighted by molar-refractivity contribution is 0.602. The van der Waals surface area contributed by atoms with Crippen molar-refractivity contribution < 1.29 is 8.42 Å². The van der Waals surface area contributed by atoms with Gasteiger partial charge in [-0.3, -0.25) is 0 Å². The van der Waals surface area contributed by atoms with E-state index in [2.05, 4.69) is 9.97 Å². The largest absolute Gasteiger partial charge is 0.238 e. The molecule has 0 saturated heterocycles. The molecule has 0 bridgehead atoms. The van der Waals surface area contributed by atoms with E-state index >= 15 is 0 Å². The van der Waals surface area contributed by atoms with Gasteiger partial charge in [-0.05, 0) is 32.0 Å². The van der Waals surface area contributed by atoms with Crippen molar-refractivity contribution in [3.05, 3.63) is 29.7 Å². The number of hydrogen-bond donors (Lipinski definition) is 0. The molecule has 0 spiro atoms.